The highest BCUT2D eigenvalue weighted by atomic mass is 79.9. The summed E-state index contributed by atoms with van der Waals surface area (Å²) in [6.07, 6.45) is 2.37. The second kappa shape index (κ2) is 6.26. The van der Waals surface area contributed by atoms with Crippen molar-refractivity contribution in [1.82, 2.24) is 0 Å². The Hall–Kier alpha value is 0.460. The molecule has 0 aliphatic carbocycles. The molecule has 0 saturated heterocycles. The van der Waals surface area contributed by atoms with Gasteiger partial charge < -0.3 is 5.32 Å². The van der Waals surface area contributed by atoms with Crippen molar-refractivity contribution in [3.63, 3.8) is 0 Å². The molecule has 0 saturated carbocycles. The van der Waals surface area contributed by atoms with E-state index in [-0.39, 0.29) is 0 Å². The smallest absolute Gasteiger partial charge is 0.0631 e. The number of hydrogen-bond donors (Lipinski definition) is 1. The maximum Gasteiger partial charge on any atom is 0.0631 e. The first kappa shape index (κ1) is 13.5. The minimum Gasteiger partial charge on any atom is -0.381 e. The standard InChI is InChI=1S/C11H14Br3N/c1-3-4-7(2)15-11-9(13)5-8(12)6-10(11)14/h5-7,15H,3-4H2,1-2H3. The van der Waals surface area contributed by atoms with Gasteiger partial charge in [-0.1, -0.05) is 29.3 Å². The predicted octanol–water partition coefficient (Wildman–Crippen LogP) is 5.57. The van der Waals surface area contributed by atoms with Crippen molar-refractivity contribution in [2.75, 3.05) is 5.32 Å². The van der Waals surface area contributed by atoms with Gasteiger partial charge in [0.15, 0.2) is 0 Å². The van der Waals surface area contributed by atoms with E-state index in [1.807, 2.05) is 12.1 Å². The summed E-state index contributed by atoms with van der Waals surface area (Å²) in [6, 6.07) is 4.58. The highest BCUT2D eigenvalue weighted by Crippen LogP contribution is 2.34. The molecular weight excluding hydrogens is 386 g/mol. The maximum atomic E-state index is 3.56. The van der Waals surface area contributed by atoms with E-state index in [4.69, 9.17) is 0 Å². The van der Waals surface area contributed by atoms with E-state index >= 15 is 0 Å². The molecule has 0 fully saturated rings. The molecule has 1 atom stereocenters. The Morgan fingerprint density at radius 2 is 1.73 bits per heavy atom. The summed E-state index contributed by atoms with van der Waals surface area (Å²) >= 11 is 10.6. The summed E-state index contributed by atoms with van der Waals surface area (Å²) in [7, 11) is 0. The minimum atomic E-state index is 0.490. The lowest BCUT2D eigenvalue weighted by Gasteiger charge is -2.17. The molecule has 15 heavy (non-hydrogen) atoms. The highest BCUT2D eigenvalue weighted by Gasteiger charge is 2.09. The Labute approximate surface area is 116 Å². The van der Waals surface area contributed by atoms with Crippen LogP contribution in [0.4, 0.5) is 5.69 Å². The Balaban J connectivity index is 2.85. The van der Waals surface area contributed by atoms with Crippen molar-refractivity contribution in [2.24, 2.45) is 0 Å². The summed E-state index contributed by atoms with van der Waals surface area (Å²) in [4.78, 5) is 0. The number of rotatable bonds is 4. The largest absolute Gasteiger partial charge is 0.381 e. The Morgan fingerprint density at radius 3 is 2.20 bits per heavy atom. The molecule has 0 aromatic heterocycles. The van der Waals surface area contributed by atoms with Gasteiger partial charge in [-0.2, -0.15) is 0 Å². The third-order valence-electron chi connectivity index (χ3n) is 2.12. The normalized spacial score (nSPS) is 12.6. The van der Waals surface area contributed by atoms with Crippen LogP contribution < -0.4 is 5.32 Å². The first-order valence-corrected chi connectivity index (χ1v) is 7.33. The Kier molecular flexibility index (Phi) is 5.64. The van der Waals surface area contributed by atoms with Gasteiger partial charge >= 0.3 is 0 Å². The van der Waals surface area contributed by atoms with E-state index in [0.29, 0.717) is 6.04 Å². The molecule has 1 rings (SSSR count). The van der Waals surface area contributed by atoms with Crippen molar-refractivity contribution in [1.29, 1.82) is 0 Å². The van der Waals surface area contributed by atoms with Crippen LogP contribution in [0.2, 0.25) is 0 Å². The zero-order valence-corrected chi connectivity index (χ0v) is 13.5. The summed E-state index contributed by atoms with van der Waals surface area (Å²) in [6.45, 7) is 4.40. The summed E-state index contributed by atoms with van der Waals surface area (Å²) in [5.41, 5.74) is 1.12. The van der Waals surface area contributed by atoms with E-state index in [1.165, 1.54) is 12.8 Å². The van der Waals surface area contributed by atoms with Gasteiger partial charge in [0, 0.05) is 19.5 Å². The van der Waals surface area contributed by atoms with Crippen LogP contribution in [0.1, 0.15) is 26.7 Å². The van der Waals surface area contributed by atoms with Gasteiger partial charge in [-0.15, -0.1) is 0 Å². The fourth-order valence-corrected chi connectivity index (χ4v) is 3.92. The molecule has 1 nitrogen and oxygen atoms in total. The van der Waals surface area contributed by atoms with Gasteiger partial charge in [0.1, 0.15) is 0 Å². The molecule has 84 valence electrons. The van der Waals surface area contributed by atoms with Crippen molar-refractivity contribution >= 4 is 53.5 Å². The molecule has 0 aliphatic rings. The summed E-state index contributed by atoms with van der Waals surface area (Å²) < 4.78 is 3.22. The SMILES string of the molecule is CCCC(C)Nc1c(Br)cc(Br)cc1Br. The second-order valence-electron chi connectivity index (χ2n) is 3.58. The third-order valence-corrected chi connectivity index (χ3v) is 3.83. The fraction of sp³-hybridized carbons (Fsp3) is 0.455. The van der Waals surface area contributed by atoms with Gasteiger partial charge in [-0.05, 0) is 57.3 Å². The first-order chi connectivity index (χ1) is 7.04. The molecule has 1 aromatic carbocycles. The average molecular weight is 400 g/mol. The van der Waals surface area contributed by atoms with Crippen molar-refractivity contribution in [3.8, 4) is 0 Å². The lowest BCUT2D eigenvalue weighted by molar-refractivity contribution is 0.689. The molecule has 4 heteroatoms. The summed E-state index contributed by atoms with van der Waals surface area (Å²) in [5.74, 6) is 0. The molecule has 1 N–H and O–H groups in total. The molecule has 0 heterocycles. The van der Waals surface area contributed by atoms with Gasteiger partial charge in [0.2, 0.25) is 0 Å². The van der Waals surface area contributed by atoms with Crippen LogP contribution in [0, 0.1) is 0 Å². The molecule has 1 aromatic rings. The van der Waals surface area contributed by atoms with Crippen LogP contribution in [0.3, 0.4) is 0 Å². The number of hydrogen-bond acceptors (Lipinski definition) is 1. The second-order valence-corrected chi connectivity index (χ2v) is 6.20. The molecule has 0 radical (unpaired) electrons. The zero-order valence-electron chi connectivity index (χ0n) is 8.78. The lowest BCUT2D eigenvalue weighted by atomic mass is 10.2. The van der Waals surface area contributed by atoms with Gasteiger partial charge in [-0.3, -0.25) is 0 Å². The van der Waals surface area contributed by atoms with Crippen molar-refractivity contribution < 1.29 is 0 Å². The van der Waals surface area contributed by atoms with Crippen molar-refractivity contribution in [3.05, 3.63) is 25.6 Å². The maximum absolute atomic E-state index is 3.56. The van der Waals surface area contributed by atoms with E-state index < -0.39 is 0 Å². The van der Waals surface area contributed by atoms with E-state index in [9.17, 15) is 0 Å². The van der Waals surface area contributed by atoms with Crippen LogP contribution in [0.5, 0.6) is 0 Å². The highest BCUT2D eigenvalue weighted by molar-refractivity contribution is 9.11. The Bertz CT molecular complexity index is 316. The summed E-state index contributed by atoms with van der Waals surface area (Å²) in [5, 5.41) is 3.49. The van der Waals surface area contributed by atoms with Gasteiger partial charge in [-0.25, -0.2) is 0 Å². The monoisotopic (exact) mass is 397 g/mol. The third kappa shape index (κ3) is 4.08. The fourth-order valence-electron chi connectivity index (χ4n) is 1.43. The lowest BCUT2D eigenvalue weighted by Crippen LogP contribution is -2.15. The minimum absolute atomic E-state index is 0.490. The van der Waals surface area contributed by atoms with E-state index in [0.717, 1.165) is 19.1 Å². The number of halogens is 3. The quantitative estimate of drug-likeness (QED) is 0.697. The first-order valence-electron chi connectivity index (χ1n) is 4.95. The van der Waals surface area contributed by atoms with Gasteiger partial charge in [0.25, 0.3) is 0 Å². The molecule has 0 spiro atoms. The van der Waals surface area contributed by atoms with E-state index in [1.54, 1.807) is 0 Å². The molecule has 0 bridgehead atoms. The van der Waals surface area contributed by atoms with Crippen LogP contribution >= 0.6 is 47.8 Å². The number of anilines is 1. The van der Waals surface area contributed by atoms with Crippen LogP contribution in [-0.4, -0.2) is 6.04 Å². The van der Waals surface area contributed by atoms with E-state index in [2.05, 4.69) is 67.0 Å². The average Bonchev–Trinajstić information content (AvgIpc) is 2.11. The molecule has 0 aliphatic heterocycles. The molecule has 1 unspecified atom stereocenters. The van der Waals surface area contributed by atoms with Crippen LogP contribution in [0.25, 0.3) is 0 Å². The Morgan fingerprint density at radius 1 is 1.20 bits per heavy atom. The van der Waals surface area contributed by atoms with Crippen LogP contribution in [0.15, 0.2) is 25.6 Å². The molecule has 0 amide bonds. The zero-order chi connectivity index (χ0) is 11.4. The topological polar surface area (TPSA) is 12.0 Å². The van der Waals surface area contributed by atoms with Crippen molar-refractivity contribution in [2.45, 2.75) is 32.7 Å². The molecular formula is C11H14Br3N. The predicted molar refractivity (Wildman–Crippen MR) is 77.5 cm³/mol. The number of benzene rings is 1. The number of nitrogens with one attached hydrogen (secondary N) is 1. The van der Waals surface area contributed by atoms with Gasteiger partial charge in [0.05, 0.1) is 5.69 Å². The van der Waals surface area contributed by atoms with Crippen LogP contribution in [-0.2, 0) is 0 Å².